The smallest absolute Gasteiger partial charge is 0.0494 e. The SMILES string of the molecule is ClCc1ccc(Cl)cc1N1CCC(N2CCCCC2)C1. The molecule has 0 saturated carbocycles. The quantitative estimate of drug-likeness (QED) is 0.774. The first-order chi connectivity index (χ1) is 9.78. The minimum Gasteiger partial charge on any atom is -0.370 e. The van der Waals surface area contributed by atoms with E-state index in [2.05, 4.69) is 21.9 Å². The van der Waals surface area contributed by atoms with Crippen molar-refractivity contribution in [2.45, 2.75) is 37.6 Å². The maximum atomic E-state index is 6.16. The van der Waals surface area contributed by atoms with Crippen LogP contribution in [0.3, 0.4) is 0 Å². The van der Waals surface area contributed by atoms with Gasteiger partial charge in [0.2, 0.25) is 0 Å². The Morgan fingerprint density at radius 1 is 1.10 bits per heavy atom. The Bertz CT molecular complexity index is 458. The lowest BCUT2D eigenvalue weighted by Crippen LogP contribution is -2.40. The van der Waals surface area contributed by atoms with Crippen molar-refractivity contribution in [1.29, 1.82) is 0 Å². The van der Waals surface area contributed by atoms with Gasteiger partial charge in [-0.3, -0.25) is 4.90 Å². The highest BCUT2D eigenvalue weighted by molar-refractivity contribution is 6.31. The summed E-state index contributed by atoms with van der Waals surface area (Å²) in [6.45, 7) is 4.78. The highest BCUT2D eigenvalue weighted by Crippen LogP contribution is 2.30. The molecule has 0 amide bonds. The Balaban J connectivity index is 1.71. The minimum absolute atomic E-state index is 0.553. The molecular weight excluding hydrogens is 291 g/mol. The number of likely N-dealkylation sites (tertiary alicyclic amines) is 1. The molecule has 3 rings (SSSR count). The van der Waals surface area contributed by atoms with Crippen LogP contribution in [0.5, 0.6) is 0 Å². The third-order valence-electron chi connectivity index (χ3n) is 4.60. The lowest BCUT2D eigenvalue weighted by atomic mass is 10.1. The van der Waals surface area contributed by atoms with Crippen LogP contribution < -0.4 is 4.90 Å². The van der Waals surface area contributed by atoms with Crippen LogP contribution >= 0.6 is 23.2 Å². The standard InChI is InChI=1S/C16H22Cl2N2/c17-11-13-4-5-14(18)10-16(13)20-9-6-15(12-20)19-7-2-1-3-8-19/h4-5,10,15H,1-3,6-9,11-12H2. The van der Waals surface area contributed by atoms with E-state index in [0.717, 1.165) is 18.1 Å². The van der Waals surface area contributed by atoms with Crippen molar-refractivity contribution >= 4 is 28.9 Å². The molecule has 1 atom stereocenters. The normalized spacial score (nSPS) is 24.3. The zero-order valence-electron chi connectivity index (χ0n) is 11.8. The Hall–Kier alpha value is -0.440. The van der Waals surface area contributed by atoms with Crippen LogP contribution in [0.15, 0.2) is 18.2 Å². The summed E-state index contributed by atoms with van der Waals surface area (Å²) in [6, 6.07) is 6.76. The minimum atomic E-state index is 0.553. The monoisotopic (exact) mass is 312 g/mol. The van der Waals surface area contributed by atoms with Crippen LogP contribution in [0.1, 0.15) is 31.2 Å². The average molecular weight is 313 g/mol. The molecule has 2 aliphatic heterocycles. The number of halogens is 2. The van der Waals surface area contributed by atoms with Gasteiger partial charge < -0.3 is 4.90 Å². The summed E-state index contributed by atoms with van der Waals surface area (Å²) in [5.41, 5.74) is 2.42. The van der Waals surface area contributed by atoms with Gasteiger partial charge in [-0.15, -0.1) is 11.6 Å². The molecule has 0 bridgehead atoms. The second kappa shape index (κ2) is 6.55. The maximum absolute atomic E-state index is 6.16. The highest BCUT2D eigenvalue weighted by Gasteiger charge is 2.29. The van der Waals surface area contributed by atoms with Crippen molar-refractivity contribution in [1.82, 2.24) is 4.90 Å². The van der Waals surface area contributed by atoms with E-state index in [1.807, 2.05) is 6.07 Å². The number of rotatable bonds is 3. The number of alkyl halides is 1. The van der Waals surface area contributed by atoms with E-state index in [-0.39, 0.29) is 0 Å². The van der Waals surface area contributed by atoms with Crippen LogP contribution in [0.2, 0.25) is 5.02 Å². The maximum Gasteiger partial charge on any atom is 0.0494 e. The van der Waals surface area contributed by atoms with E-state index >= 15 is 0 Å². The van der Waals surface area contributed by atoms with Crippen molar-refractivity contribution in [2.75, 3.05) is 31.1 Å². The van der Waals surface area contributed by atoms with Gasteiger partial charge in [0.1, 0.15) is 0 Å². The highest BCUT2D eigenvalue weighted by atomic mass is 35.5. The topological polar surface area (TPSA) is 6.48 Å². The summed E-state index contributed by atoms with van der Waals surface area (Å²) in [5.74, 6) is 0.553. The van der Waals surface area contributed by atoms with Crippen LogP contribution in [0.4, 0.5) is 5.69 Å². The van der Waals surface area contributed by atoms with E-state index in [1.165, 1.54) is 50.0 Å². The van der Waals surface area contributed by atoms with Crippen LogP contribution in [-0.4, -0.2) is 37.1 Å². The summed E-state index contributed by atoms with van der Waals surface area (Å²) in [6.07, 6.45) is 5.38. The van der Waals surface area contributed by atoms with Crippen molar-refractivity contribution in [3.63, 3.8) is 0 Å². The van der Waals surface area contributed by atoms with Gasteiger partial charge in [-0.25, -0.2) is 0 Å². The van der Waals surface area contributed by atoms with Crippen LogP contribution in [0, 0.1) is 0 Å². The molecule has 1 aromatic carbocycles. The predicted molar refractivity (Wildman–Crippen MR) is 87.1 cm³/mol. The van der Waals surface area contributed by atoms with Crippen molar-refractivity contribution in [2.24, 2.45) is 0 Å². The second-order valence-electron chi connectivity index (χ2n) is 5.89. The summed E-state index contributed by atoms with van der Waals surface area (Å²) in [7, 11) is 0. The summed E-state index contributed by atoms with van der Waals surface area (Å²) < 4.78 is 0. The first-order valence-electron chi connectivity index (χ1n) is 7.61. The number of piperidine rings is 1. The molecular formula is C16H22Cl2N2. The van der Waals surface area contributed by atoms with E-state index in [1.54, 1.807) is 0 Å². The van der Waals surface area contributed by atoms with Gasteiger partial charge in [-0.1, -0.05) is 24.1 Å². The lowest BCUT2D eigenvalue weighted by Gasteiger charge is -2.32. The number of anilines is 1. The molecule has 1 aromatic rings. The summed E-state index contributed by atoms with van der Waals surface area (Å²) in [4.78, 5) is 5.14. The van der Waals surface area contributed by atoms with Gasteiger partial charge in [0, 0.05) is 35.7 Å². The molecule has 2 heterocycles. The molecule has 2 saturated heterocycles. The fourth-order valence-corrected chi connectivity index (χ4v) is 3.88. The first-order valence-corrected chi connectivity index (χ1v) is 8.52. The van der Waals surface area contributed by atoms with Gasteiger partial charge in [0.05, 0.1) is 0 Å². The fourth-order valence-electron chi connectivity index (χ4n) is 3.49. The second-order valence-corrected chi connectivity index (χ2v) is 6.60. The zero-order valence-corrected chi connectivity index (χ0v) is 13.3. The van der Waals surface area contributed by atoms with E-state index in [0.29, 0.717) is 11.9 Å². The molecule has 20 heavy (non-hydrogen) atoms. The Morgan fingerprint density at radius 3 is 2.65 bits per heavy atom. The van der Waals surface area contributed by atoms with E-state index < -0.39 is 0 Å². The number of nitrogens with zero attached hydrogens (tertiary/aromatic N) is 2. The average Bonchev–Trinajstić information content (AvgIpc) is 2.98. The van der Waals surface area contributed by atoms with Gasteiger partial charge in [0.15, 0.2) is 0 Å². The van der Waals surface area contributed by atoms with E-state index in [4.69, 9.17) is 23.2 Å². The third kappa shape index (κ3) is 3.08. The van der Waals surface area contributed by atoms with Crippen LogP contribution in [-0.2, 0) is 5.88 Å². The molecule has 2 aliphatic rings. The van der Waals surface area contributed by atoms with Gasteiger partial charge in [0.25, 0.3) is 0 Å². The van der Waals surface area contributed by atoms with Crippen molar-refractivity contribution in [3.8, 4) is 0 Å². The summed E-state index contributed by atoms with van der Waals surface area (Å²) in [5, 5.41) is 0.801. The first kappa shape index (κ1) is 14.5. The molecule has 1 unspecified atom stereocenters. The molecule has 0 spiro atoms. The largest absolute Gasteiger partial charge is 0.370 e. The summed E-state index contributed by atoms with van der Waals surface area (Å²) >= 11 is 12.2. The van der Waals surface area contributed by atoms with Gasteiger partial charge >= 0.3 is 0 Å². The Kier molecular flexibility index (Phi) is 4.75. The van der Waals surface area contributed by atoms with E-state index in [9.17, 15) is 0 Å². The lowest BCUT2D eigenvalue weighted by molar-refractivity contribution is 0.175. The number of hydrogen-bond donors (Lipinski definition) is 0. The van der Waals surface area contributed by atoms with Gasteiger partial charge in [-0.2, -0.15) is 0 Å². The van der Waals surface area contributed by atoms with Crippen molar-refractivity contribution < 1.29 is 0 Å². The molecule has 2 nitrogen and oxygen atoms in total. The number of hydrogen-bond acceptors (Lipinski definition) is 2. The molecule has 0 radical (unpaired) electrons. The van der Waals surface area contributed by atoms with Crippen molar-refractivity contribution in [3.05, 3.63) is 28.8 Å². The number of benzene rings is 1. The molecule has 110 valence electrons. The molecule has 0 N–H and O–H groups in total. The molecule has 4 heteroatoms. The van der Waals surface area contributed by atoms with Gasteiger partial charge in [-0.05, 0) is 50.0 Å². The zero-order chi connectivity index (χ0) is 13.9. The fraction of sp³-hybridized carbons (Fsp3) is 0.625. The Labute approximate surface area is 131 Å². The molecule has 2 fully saturated rings. The van der Waals surface area contributed by atoms with Crippen LogP contribution in [0.25, 0.3) is 0 Å². The molecule has 0 aliphatic carbocycles. The third-order valence-corrected chi connectivity index (χ3v) is 5.13. The Morgan fingerprint density at radius 2 is 1.90 bits per heavy atom. The predicted octanol–water partition coefficient (Wildman–Crippen LogP) is 4.14. The molecule has 0 aromatic heterocycles.